The highest BCUT2D eigenvalue weighted by atomic mass is 127. The number of halogens is 1. The van der Waals surface area contributed by atoms with Gasteiger partial charge in [0, 0.05) is 26.7 Å². The average molecular weight is 433 g/mol. The summed E-state index contributed by atoms with van der Waals surface area (Å²) in [6.45, 7) is 7.31. The summed E-state index contributed by atoms with van der Waals surface area (Å²) in [5.41, 5.74) is 1.22. The molecule has 0 amide bonds. The molecule has 23 heavy (non-hydrogen) atoms. The maximum absolute atomic E-state index is 5.41. The molecule has 0 bridgehead atoms. The standard InChI is InChI=1S/C17H27N3O2.HI/c1-4-6-11-20(3)17(18-5-2)19-10-9-14-7-8-15-16(12-14)22-13-21-15;/h7-8,12H,4-6,9-11,13H2,1-3H3,(H,18,19);1H. The van der Waals surface area contributed by atoms with Crippen LogP contribution in [0.1, 0.15) is 32.3 Å². The topological polar surface area (TPSA) is 46.1 Å². The number of nitrogens with one attached hydrogen (secondary N) is 1. The van der Waals surface area contributed by atoms with Crippen molar-refractivity contribution in [1.82, 2.24) is 10.2 Å². The van der Waals surface area contributed by atoms with E-state index in [9.17, 15) is 0 Å². The summed E-state index contributed by atoms with van der Waals surface area (Å²) in [4.78, 5) is 6.92. The van der Waals surface area contributed by atoms with Crippen molar-refractivity contribution >= 4 is 29.9 Å². The highest BCUT2D eigenvalue weighted by molar-refractivity contribution is 14.0. The Morgan fingerprint density at radius 3 is 2.78 bits per heavy atom. The van der Waals surface area contributed by atoms with Gasteiger partial charge in [0.1, 0.15) is 0 Å². The van der Waals surface area contributed by atoms with Crippen molar-refractivity contribution in [2.75, 3.05) is 33.5 Å². The van der Waals surface area contributed by atoms with Gasteiger partial charge in [-0.3, -0.25) is 4.99 Å². The fraction of sp³-hybridized carbons (Fsp3) is 0.588. The van der Waals surface area contributed by atoms with Gasteiger partial charge in [0.05, 0.1) is 0 Å². The fourth-order valence-electron chi connectivity index (χ4n) is 2.36. The Hall–Kier alpha value is -1.18. The zero-order valence-electron chi connectivity index (χ0n) is 14.3. The predicted molar refractivity (Wildman–Crippen MR) is 105 cm³/mol. The second-order valence-electron chi connectivity index (χ2n) is 5.45. The van der Waals surface area contributed by atoms with E-state index in [0.717, 1.165) is 43.5 Å². The van der Waals surface area contributed by atoms with Gasteiger partial charge in [-0.2, -0.15) is 0 Å². The van der Waals surface area contributed by atoms with E-state index >= 15 is 0 Å². The lowest BCUT2D eigenvalue weighted by atomic mass is 10.1. The van der Waals surface area contributed by atoms with Gasteiger partial charge in [-0.1, -0.05) is 19.4 Å². The molecule has 6 heteroatoms. The maximum Gasteiger partial charge on any atom is 0.231 e. The normalized spacial score (nSPS) is 12.7. The molecule has 5 nitrogen and oxygen atoms in total. The Kier molecular flexibility index (Phi) is 9.13. The van der Waals surface area contributed by atoms with Crippen LogP contribution in [0, 0.1) is 0 Å². The first-order chi connectivity index (χ1) is 10.7. The van der Waals surface area contributed by atoms with Crippen LogP contribution in [-0.2, 0) is 6.42 Å². The number of ether oxygens (including phenoxy) is 2. The lowest BCUT2D eigenvalue weighted by molar-refractivity contribution is 0.174. The lowest BCUT2D eigenvalue weighted by Gasteiger charge is -2.21. The second kappa shape index (κ2) is 10.6. The molecule has 1 N–H and O–H groups in total. The maximum atomic E-state index is 5.41. The van der Waals surface area contributed by atoms with E-state index in [1.165, 1.54) is 18.4 Å². The molecule has 0 aromatic heterocycles. The van der Waals surface area contributed by atoms with Crippen molar-refractivity contribution in [2.24, 2.45) is 4.99 Å². The van der Waals surface area contributed by atoms with E-state index in [-0.39, 0.29) is 24.0 Å². The molecule has 1 aromatic rings. The first-order valence-electron chi connectivity index (χ1n) is 8.12. The largest absolute Gasteiger partial charge is 0.454 e. The zero-order chi connectivity index (χ0) is 15.8. The van der Waals surface area contributed by atoms with Gasteiger partial charge in [-0.15, -0.1) is 24.0 Å². The van der Waals surface area contributed by atoms with Crippen molar-refractivity contribution in [3.05, 3.63) is 23.8 Å². The van der Waals surface area contributed by atoms with Crippen LogP contribution in [-0.4, -0.2) is 44.3 Å². The summed E-state index contributed by atoms with van der Waals surface area (Å²) >= 11 is 0. The fourth-order valence-corrected chi connectivity index (χ4v) is 2.36. The minimum absolute atomic E-state index is 0. The van der Waals surface area contributed by atoms with E-state index < -0.39 is 0 Å². The van der Waals surface area contributed by atoms with Gasteiger partial charge in [0.15, 0.2) is 17.5 Å². The minimum atomic E-state index is 0. The monoisotopic (exact) mass is 433 g/mol. The Balaban J connectivity index is 0.00000264. The van der Waals surface area contributed by atoms with E-state index in [4.69, 9.17) is 14.5 Å². The molecule has 1 aliphatic rings. The van der Waals surface area contributed by atoms with Crippen molar-refractivity contribution in [2.45, 2.75) is 33.1 Å². The third kappa shape index (κ3) is 6.08. The lowest BCUT2D eigenvalue weighted by Crippen LogP contribution is -2.39. The first kappa shape index (κ1) is 19.9. The SMILES string of the molecule is CCCCN(C)C(=NCCc1ccc2c(c1)OCO2)NCC.I. The predicted octanol–water partition coefficient (Wildman–Crippen LogP) is 3.27. The Labute approximate surface area is 156 Å². The number of hydrogen-bond acceptors (Lipinski definition) is 3. The van der Waals surface area contributed by atoms with Crippen LogP contribution >= 0.6 is 24.0 Å². The van der Waals surface area contributed by atoms with Crippen molar-refractivity contribution in [3.63, 3.8) is 0 Å². The molecule has 0 aliphatic carbocycles. The summed E-state index contributed by atoms with van der Waals surface area (Å²) < 4.78 is 10.7. The molecule has 0 fully saturated rings. The summed E-state index contributed by atoms with van der Waals surface area (Å²) in [5, 5.41) is 3.35. The van der Waals surface area contributed by atoms with Crippen LogP contribution in [0.5, 0.6) is 11.5 Å². The third-order valence-electron chi connectivity index (χ3n) is 3.64. The Morgan fingerprint density at radius 1 is 1.26 bits per heavy atom. The van der Waals surface area contributed by atoms with Crippen molar-refractivity contribution in [1.29, 1.82) is 0 Å². The van der Waals surface area contributed by atoms with Crippen LogP contribution in [0.4, 0.5) is 0 Å². The van der Waals surface area contributed by atoms with E-state index in [1.54, 1.807) is 0 Å². The summed E-state index contributed by atoms with van der Waals surface area (Å²) in [6.07, 6.45) is 3.27. The molecule has 0 saturated carbocycles. The molecule has 0 saturated heterocycles. The van der Waals surface area contributed by atoms with Gasteiger partial charge in [0.25, 0.3) is 0 Å². The molecule has 130 valence electrons. The summed E-state index contributed by atoms with van der Waals surface area (Å²) in [7, 11) is 2.09. The number of guanidine groups is 1. The van der Waals surface area contributed by atoms with Crippen LogP contribution in [0.3, 0.4) is 0 Å². The zero-order valence-corrected chi connectivity index (χ0v) is 16.6. The summed E-state index contributed by atoms with van der Waals surface area (Å²) in [6, 6.07) is 6.10. The smallest absolute Gasteiger partial charge is 0.231 e. The van der Waals surface area contributed by atoms with E-state index in [0.29, 0.717) is 6.79 Å². The van der Waals surface area contributed by atoms with Crippen LogP contribution < -0.4 is 14.8 Å². The summed E-state index contributed by atoms with van der Waals surface area (Å²) in [5.74, 6) is 2.66. The first-order valence-corrected chi connectivity index (χ1v) is 8.12. The van der Waals surface area contributed by atoms with Gasteiger partial charge in [-0.25, -0.2) is 0 Å². The van der Waals surface area contributed by atoms with Gasteiger partial charge in [-0.05, 0) is 37.5 Å². The number of aliphatic imine (C=N–C) groups is 1. The third-order valence-corrected chi connectivity index (χ3v) is 3.64. The van der Waals surface area contributed by atoms with E-state index in [1.807, 2.05) is 12.1 Å². The van der Waals surface area contributed by atoms with Crippen LogP contribution in [0.25, 0.3) is 0 Å². The van der Waals surface area contributed by atoms with Gasteiger partial charge >= 0.3 is 0 Å². The Bertz CT molecular complexity index is 509. The van der Waals surface area contributed by atoms with Gasteiger partial charge < -0.3 is 19.7 Å². The molecule has 1 aliphatic heterocycles. The molecule has 0 atom stereocenters. The molecule has 1 aromatic carbocycles. The Morgan fingerprint density at radius 2 is 2.04 bits per heavy atom. The van der Waals surface area contributed by atoms with E-state index in [2.05, 4.69) is 37.2 Å². The highest BCUT2D eigenvalue weighted by Gasteiger charge is 2.13. The van der Waals surface area contributed by atoms with Crippen LogP contribution in [0.15, 0.2) is 23.2 Å². The average Bonchev–Trinajstić information content (AvgIpc) is 2.99. The number of nitrogens with zero attached hydrogens (tertiary/aromatic N) is 2. The molecule has 1 heterocycles. The molecule has 0 unspecified atom stereocenters. The molecule has 2 rings (SSSR count). The number of hydrogen-bond donors (Lipinski definition) is 1. The van der Waals surface area contributed by atoms with Crippen LogP contribution in [0.2, 0.25) is 0 Å². The molecule has 0 spiro atoms. The number of unbranched alkanes of at least 4 members (excludes halogenated alkanes) is 1. The number of rotatable bonds is 7. The second-order valence-corrected chi connectivity index (χ2v) is 5.45. The quantitative estimate of drug-likeness (QED) is 0.408. The molecular weight excluding hydrogens is 405 g/mol. The number of fused-ring (bicyclic) bond motifs is 1. The number of benzene rings is 1. The molecular formula is C17H28IN3O2. The highest BCUT2D eigenvalue weighted by Crippen LogP contribution is 2.32. The molecule has 0 radical (unpaired) electrons. The van der Waals surface area contributed by atoms with Crippen molar-refractivity contribution < 1.29 is 9.47 Å². The minimum Gasteiger partial charge on any atom is -0.454 e. The van der Waals surface area contributed by atoms with Crippen molar-refractivity contribution in [3.8, 4) is 11.5 Å². The van der Waals surface area contributed by atoms with Gasteiger partial charge in [0.2, 0.25) is 6.79 Å².